The number of nitrogens with two attached hydrogens (primary N) is 1. The average molecular weight is 291 g/mol. The summed E-state index contributed by atoms with van der Waals surface area (Å²) in [5.41, 5.74) is 7.45. The first kappa shape index (κ1) is 15.7. The van der Waals surface area contributed by atoms with Crippen LogP contribution in [0.5, 0.6) is 0 Å². The minimum Gasteiger partial charge on any atom is -0.396 e. The monoisotopic (exact) mass is 291 g/mol. The first-order valence-electron chi connectivity index (χ1n) is 7.65. The topological polar surface area (TPSA) is 70.4 Å². The molecule has 2 heterocycles. The van der Waals surface area contributed by atoms with Crippen LogP contribution < -0.4 is 10.6 Å². The number of piperazine rings is 1. The number of hydrogen-bond donors (Lipinski definition) is 1. The molecule has 1 fully saturated rings. The summed E-state index contributed by atoms with van der Waals surface area (Å²) >= 11 is 0. The number of nitrogen functional groups attached to an aromatic ring is 1. The van der Waals surface area contributed by atoms with Crippen LogP contribution in [0.25, 0.3) is 0 Å². The number of likely N-dealkylation sites (N-methyl/N-ethyl adjacent to an activating group) is 1. The SMILES string of the molecule is CCOCCn1c(C#N)cc(N)c1N1CCN(CC)CC1. The van der Waals surface area contributed by atoms with Crippen LogP contribution in [-0.4, -0.2) is 55.4 Å². The number of ether oxygens (including phenoxy) is 1. The molecule has 1 saturated heterocycles. The van der Waals surface area contributed by atoms with Crippen molar-refractivity contribution in [3.05, 3.63) is 11.8 Å². The van der Waals surface area contributed by atoms with E-state index in [1.54, 1.807) is 6.07 Å². The summed E-state index contributed by atoms with van der Waals surface area (Å²) in [6.07, 6.45) is 0. The third kappa shape index (κ3) is 3.49. The van der Waals surface area contributed by atoms with Crippen molar-refractivity contribution in [1.82, 2.24) is 9.47 Å². The molecule has 6 nitrogen and oxygen atoms in total. The molecule has 2 N–H and O–H groups in total. The molecule has 0 unspecified atom stereocenters. The van der Waals surface area contributed by atoms with E-state index in [9.17, 15) is 5.26 Å². The van der Waals surface area contributed by atoms with Gasteiger partial charge >= 0.3 is 0 Å². The van der Waals surface area contributed by atoms with Crippen molar-refractivity contribution in [3.63, 3.8) is 0 Å². The first-order valence-corrected chi connectivity index (χ1v) is 7.65. The van der Waals surface area contributed by atoms with Gasteiger partial charge in [0.2, 0.25) is 0 Å². The van der Waals surface area contributed by atoms with E-state index >= 15 is 0 Å². The van der Waals surface area contributed by atoms with Crippen LogP contribution in [-0.2, 0) is 11.3 Å². The summed E-state index contributed by atoms with van der Waals surface area (Å²) in [7, 11) is 0. The average Bonchev–Trinajstić information content (AvgIpc) is 2.83. The number of aromatic nitrogens is 1. The summed E-state index contributed by atoms with van der Waals surface area (Å²) in [4.78, 5) is 4.71. The molecule has 0 bridgehead atoms. The standard InChI is InChI=1S/C15H25N5O/c1-3-18-5-7-19(8-6-18)15-14(17)11-13(12-16)20(15)9-10-21-4-2/h11H,3-10,17H2,1-2H3. The summed E-state index contributed by atoms with van der Waals surface area (Å²) in [6.45, 7) is 11.1. The second kappa shape index (κ2) is 7.34. The number of anilines is 2. The second-order valence-electron chi connectivity index (χ2n) is 5.19. The third-order valence-corrected chi connectivity index (χ3v) is 3.99. The number of nitriles is 1. The van der Waals surface area contributed by atoms with Crippen molar-refractivity contribution < 1.29 is 4.74 Å². The van der Waals surface area contributed by atoms with Gasteiger partial charge in [-0.1, -0.05) is 6.92 Å². The Balaban J connectivity index is 2.18. The summed E-state index contributed by atoms with van der Waals surface area (Å²) in [5, 5.41) is 9.30. The van der Waals surface area contributed by atoms with Gasteiger partial charge in [0, 0.05) is 39.3 Å². The van der Waals surface area contributed by atoms with Gasteiger partial charge in [-0.2, -0.15) is 5.26 Å². The van der Waals surface area contributed by atoms with Gasteiger partial charge in [0.1, 0.15) is 17.6 Å². The van der Waals surface area contributed by atoms with Crippen molar-refractivity contribution in [2.75, 3.05) is 56.6 Å². The van der Waals surface area contributed by atoms with Gasteiger partial charge < -0.3 is 24.8 Å². The van der Waals surface area contributed by atoms with E-state index in [4.69, 9.17) is 10.5 Å². The molecule has 0 spiro atoms. The van der Waals surface area contributed by atoms with E-state index in [0.29, 0.717) is 31.1 Å². The maximum atomic E-state index is 9.30. The fraction of sp³-hybridized carbons (Fsp3) is 0.667. The highest BCUT2D eigenvalue weighted by molar-refractivity contribution is 5.68. The van der Waals surface area contributed by atoms with E-state index in [-0.39, 0.29) is 0 Å². The van der Waals surface area contributed by atoms with Crippen LogP contribution in [0.3, 0.4) is 0 Å². The highest BCUT2D eigenvalue weighted by Crippen LogP contribution is 2.28. The van der Waals surface area contributed by atoms with Crippen molar-refractivity contribution in [3.8, 4) is 6.07 Å². The molecule has 21 heavy (non-hydrogen) atoms. The Morgan fingerprint density at radius 3 is 2.57 bits per heavy atom. The predicted octanol–water partition coefficient (Wildman–Crippen LogP) is 1.12. The minimum atomic E-state index is 0.598. The van der Waals surface area contributed by atoms with Crippen LogP contribution in [0.1, 0.15) is 19.5 Å². The fourth-order valence-corrected chi connectivity index (χ4v) is 2.81. The van der Waals surface area contributed by atoms with Gasteiger partial charge in [0.25, 0.3) is 0 Å². The zero-order chi connectivity index (χ0) is 15.2. The first-order chi connectivity index (χ1) is 10.2. The third-order valence-electron chi connectivity index (χ3n) is 3.99. The van der Waals surface area contributed by atoms with Crippen LogP contribution in [0, 0.1) is 11.3 Å². The number of nitrogens with zero attached hydrogens (tertiary/aromatic N) is 4. The smallest absolute Gasteiger partial charge is 0.133 e. The molecule has 0 aliphatic carbocycles. The lowest BCUT2D eigenvalue weighted by Crippen LogP contribution is -2.47. The molecule has 2 rings (SSSR count). The molecule has 1 aliphatic rings. The molecule has 0 saturated carbocycles. The van der Waals surface area contributed by atoms with Crippen molar-refractivity contribution in [2.24, 2.45) is 0 Å². The zero-order valence-corrected chi connectivity index (χ0v) is 13.0. The van der Waals surface area contributed by atoms with Crippen LogP contribution >= 0.6 is 0 Å². The van der Waals surface area contributed by atoms with Gasteiger partial charge in [-0.15, -0.1) is 0 Å². The Kier molecular flexibility index (Phi) is 5.48. The minimum absolute atomic E-state index is 0.598. The van der Waals surface area contributed by atoms with E-state index < -0.39 is 0 Å². The molecule has 0 radical (unpaired) electrons. The van der Waals surface area contributed by atoms with Gasteiger partial charge in [-0.25, -0.2) is 0 Å². The van der Waals surface area contributed by atoms with Gasteiger partial charge in [0.05, 0.1) is 12.3 Å². The number of rotatable bonds is 6. The fourth-order valence-electron chi connectivity index (χ4n) is 2.81. The van der Waals surface area contributed by atoms with Crippen molar-refractivity contribution in [2.45, 2.75) is 20.4 Å². The van der Waals surface area contributed by atoms with Crippen molar-refractivity contribution in [1.29, 1.82) is 5.26 Å². The van der Waals surface area contributed by atoms with Crippen molar-refractivity contribution >= 4 is 11.5 Å². The number of hydrogen-bond acceptors (Lipinski definition) is 5. The van der Waals surface area contributed by atoms with E-state index in [1.165, 1.54) is 0 Å². The maximum absolute atomic E-state index is 9.30. The molecule has 0 amide bonds. The van der Waals surface area contributed by atoms with E-state index in [1.807, 2.05) is 11.5 Å². The molecule has 1 aromatic heterocycles. The lowest BCUT2D eigenvalue weighted by atomic mass is 10.3. The largest absolute Gasteiger partial charge is 0.396 e. The normalized spacial score (nSPS) is 16.1. The van der Waals surface area contributed by atoms with Crippen LogP contribution in [0.4, 0.5) is 11.5 Å². The lowest BCUT2D eigenvalue weighted by molar-refractivity contribution is 0.139. The van der Waals surface area contributed by atoms with Crippen LogP contribution in [0.15, 0.2) is 6.07 Å². The molecule has 0 aromatic carbocycles. The highest BCUT2D eigenvalue weighted by atomic mass is 16.5. The molecule has 1 aromatic rings. The molecule has 6 heteroatoms. The zero-order valence-electron chi connectivity index (χ0n) is 13.0. The molecule has 0 atom stereocenters. The highest BCUT2D eigenvalue weighted by Gasteiger charge is 2.22. The second-order valence-corrected chi connectivity index (χ2v) is 5.19. The van der Waals surface area contributed by atoms with Crippen LogP contribution in [0.2, 0.25) is 0 Å². The summed E-state index contributed by atoms with van der Waals surface area (Å²) in [5.74, 6) is 0.974. The van der Waals surface area contributed by atoms with E-state index in [2.05, 4.69) is 22.8 Å². The summed E-state index contributed by atoms with van der Waals surface area (Å²) < 4.78 is 7.42. The quantitative estimate of drug-likeness (QED) is 0.795. The molecule has 1 aliphatic heterocycles. The Labute approximate surface area is 126 Å². The van der Waals surface area contributed by atoms with Gasteiger partial charge in [-0.05, 0) is 19.5 Å². The van der Waals surface area contributed by atoms with Gasteiger partial charge in [0.15, 0.2) is 0 Å². The predicted molar refractivity (Wildman–Crippen MR) is 84.4 cm³/mol. The Hall–Kier alpha value is -1.71. The molecular weight excluding hydrogens is 266 g/mol. The Morgan fingerprint density at radius 1 is 1.29 bits per heavy atom. The maximum Gasteiger partial charge on any atom is 0.133 e. The van der Waals surface area contributed by atoms with Gasteiger partial charge in [-0.3, -0.25) is 0 Å². The Morgan fingerprint density at radius 2 is 2.00 bits per heavy atom. The summed E-state index contributed by atoms with van der Waals surface area (Å²) in [6, 6.07) is 4.00. The molecule has 116 valence electrons. The molecular formula is C15H25N5O. The lowest BCUT2D eigenvalue weighted by Gasteiger charge is -2.36. The van der Waals surface area contributed by atoms with E-state index in [0.717, 1.165) is 38.5 Å². The Bertz CT molecular complexity index is 497.